The first-order valence-corrected chi connectivity index (χ1v) is 4.28. The molecule has 1 unspecified atom stereocenters. The first-order valence-electron chi connectivity index (χ1n) is 3.90. The second kappa shape index (κ2) is 3.72. The summed E-state index contributed by atoms with van der Waals surface area (Å²) in [5.41, 5.74) is -1.04. The average molecular weight is 210 g/mol. The number of ketones is 1. The molecule has 5 heteroatoms. The number of rotatable bonds is 2. The van der Waals surface area contributed by atoms with Crippen molar-refractivity contribution in [2.45, 2.75) is 19.3 Å². The van der Waals surface area contributed by atoms with Crippen molar-refractivity contribution in [1.82, 2.24) is 9.97 Å². The lowest BCUT2D eigenvalue weighted by Gasteiger charge is -2.17. The van der Waals surface area contributed by atoms with Gasteiger partial charge in [-0.3, -0.25) is 4.79 Å². The van der Waals surface area contributed by atoms with Gasteiger partial charge in [-0.1, -0.05) is 11.6 Å². The van der Waals surface area contributed by atoms with Crippen LogP contribution in [0.4, 0.5) is 0 Å². The Balaban J connectivity index is 3.36. The number of nitrogens with zero attached hydrogens (tertiary/aromatic N) is 3. The normalized spacial score (nSPS) is 14.1. The van der Waals surface area contributed by atoms with E-state index in [-0.39, 0.29) is 16.5 Å². The van der Waals surface area contributed by atoms with Gasteiger partial charge in [0.05, 0.1) is 16.8 Å². The van der Waals surface area contributed by atoms with Crippen molar-refractivity contribution in [3.63, 3.8) is 0 Å². The molecule has 0 aliphatic heterocycles. The molecule has 1 rings (SSSR count). The highest BCUT2D eigenvalue weighted by Gasteiger charge is 2.35. The average Bonchev–Trinajstić information content (AvgIpc) is 2.17. The molecule has 1 aromatic heterocycles. The standard InChI is InChI=1S/C9H8ClN3O/c1-6(14)9(2,4-11)8-7(10)3-12-5-13-8/h3,5H,1-2H3. The van der Waals surface area contributed by atoms with Crippen LogP contribution in [0.2, 0.25) is 5.02 Å². The monoisotopic (exact) mass is 209 g/mol. The Labute approximate surface area is 86.6 Å². The highest BCUT2D eigenvalue weighted by atomic mass is 35.5. The van der Waals surface area contributed by atoms with Crippen LogP contribution in [-0.4, -0.2) is 15.8 Å². The molecule has 0 aromatic carbocycles. The number of halogens is 1. The molecule has 0 radical (unpaired) electrons. The van der Waals surface area contributed by atoms with Crippen LogP contribution in [0.15, 0.2) is 12.5 Å². The maximum absolute atomic E-state index is 11.3. The predicted octanol–water partition coefficient (Wildman–Crippen LogP) is 1.50. The molecule has 0 fully saturated rings. The van der Waals surface area contributed by atoms with E-state index >= 15 is 0 Å². The number of carbonyl (C=O) groups excluding carboxylic acids is 1. The van der Waals surface area contributed by atoms with E-state index < -0.39 is 5.41 Å². The molecule has 0 saturated heterocycles. The Morgan fingerprint density at radius 1 is 1.71 bits per heavy atom. The van der Waals surface area contributed by atoms with E-state index in [1.165, 1.54) is 26.4 Å². The number of carbonyl (C=O) groups is 1. The Bertz CT molecular complexity index is 413. The first-order chi connectivity index (χ1) is 6.52. The van der Waals surface area contributed by atoms with Crippen molar-refractivity contribution < 1.29 is 4.79 Å². The van der Waals surface area contributed by atoms with Gasteiger partial charge in [0.25, 0.3) is 0 Å². The third kappa shape index (κ3) is 1.59. The van der Waals surface area contributed by atoms with Gasteiger partial charge in [-0.05, 0) is 13.8 Å². The summed E-state index contributed by atoms with van der Waals surface area (Å²) in [4.78, 5) is 18.9. The highest BCUT2D eigenvalue weighted by Crippen LogP contribution is 2.27. The highest BCUT2D eigenvalue weighted by molar-refractivity contribution is 6.31. The van der Waals surface area contributed by atoms with Gasteiger partial charge in [0.15, 0.2) is 11.2 Å². The molecule has 1 atom stereocenters. The second-order valence-electron chi connectivity index (χ2n) is 3.01. The molecular formula is C9H8ClN3O. The molecule has 4 nitrogen and oxygen atoms in total. The van der Waals surface area contributed by atoms with Crippen LogP contribution in [0.5, 0.6) is 0 Å². The molecule has 72 valence electrons. The fourth-order valence-electron chi connectivity index (χ4n) is 0.979. The van der Waals surface area contributed by atoms with Gasteiger partial charge in [-0.2, -0.15) is 5.26 Å². The number of hydrogen-bond donors (Lipinski definition) is 0. The van der Waals surface area contributed by atoms with Crippen LogP contribution in [0, 0.1) is 11.3 Å². The molecule has 0 N–H and O–H groups in total. The smallest absolute Gasteiger partial charge is 0.156 e. The Hall–Kier alpha value is -1.47. The zero-order valence-corrected chi connectivity index (χ0v) is 8.54. The largest absolute Gasteiger partial charge is 0.298 e. The van der Waals surface area contributed by atoms with Crippen LogP contribution in [0.1, 0.15) is 19.5 Å². The number of Topliss-reactive ketones (excluding diaryl/α,β-unsaturated/α-hetero) is 1. The third-order valence-electron chi connectivity index (χ3n) is 2.07. The maximum Gasteiger partial charge on any atom is 0.156 e. The number of aromatic nitrogens is 2. The Morgan fingerprint density at radius 2 is 2.36 bits per heavy atom. The second-order valence-corrected chi connectivity index (χ2v) is 3.42. The van der Waals surface area contributed by atoms with E-state index in [9.17, 15) is 4.79 Å². The first kappa shape index (κ1) is 10.6. The molecule has 1 heterocycles. The van der Waals surface area contributed by atoms with Gasteiger partial charge in [-0.15, -0.1) is 0 Å². The van der Waals surface area contributed by atoms with E-state index in [1.807, 2.05) is 6.07 Å². The fourth-order valence-corrected chi connectivity index (χ4v) is 1.27. The molecule has 0 spiro atoms. The number of hydrogen-bond acceptors (Lipinski definition) is 4. The van der Waals surface area contributed by atoms with Crippen LogP contribution in [0.25, 0.3) is 0 Å². The quantitative estimate of drug-likeness (QED) is 0.740. The van der Waals surface area contributed by atoms with Crippen molar-refractivity contribution in [3.05, 3.63) is 23.2 Å². The molecule has 0 aliphatic rings. The molecule has 0 amide bonds. The molecule has 0 aliphatic carbocycles. The van der Waals surface area contributed by atoms with Gasteiger partial charge in [0.1, 0.15) is 6.33 Å². The van der Waals surface area contributed by atoms with Gasteiger partial charge in [-0.25, -0.2) is 9.97 Å². The van der Waals surface area contributed by atoms with Gasteiger partial charge in [0, 0.05) is 6.20 Å². The van der Waals surface area contributed by atoms with E-state index in [4.69, 9.17) is 16.9 Å². The van der Waals surface area contributed by atoms with Crippen molar-refractivity contribution in [1.29, 1.82) is 5.26 Å². The van der Waals surface area contributed by atoms with Crippen LogP contribution < -0.4 is 0 Å². The number of nitriles is 1. The van der Waals surface area contributed by atoms with E-state index in [2.05, 4.69) is 9.97 Å². The zero-order valence-electron chi connectivity index (χ0n) is 7.78. The van der Waals surface area contributed by atoms with Crippen LogP contribution >= 0.6 is 11.6 Å². The van der Waals surface area contributed by atoms with E-state index in [0.717, 1.165) is 0 Å². The maximum atomic E-state index is 11.3. The molecule has 14 heavy (non-hydrogen) atoms. The molecular weight excluding hydrogens is 202 g/mol. The topological polar surface area (TPSA) is 66.6 Å². The molecule has 1 aromatic rings. The van der Waals surface area contributed by atoms with Gasteiger partial charge < -0.3 is 0 Å². The van der Waals surface area contributed by atoms with Gasteiger partial charge in [0.2, 0.25) is 0 Å². The minimum Gasteiger partial charge on any atom is -0.298 e. The Morgan fingerprint density at radius 3 is 2.79 bits per heavy atom. The van der Waals surface area contributed by atoms with Crippen molar-refractivity contribution >= 4 is 17.4 Å². The lowest BCUT2D eigenvalue weighted by atomic mass is 9.84. The summed E-state index contributed by atoms with van der Waals surface area (Å²) in [6.45, 7) is 2.82. The summed E-state index contributed by atoms with van der Waals surface area (Å²) >= 11 is 5.80. The molecule has 0 bridgehead atoms. The van der Waals surface area contributed by atoms with Crippen molar-refractivity contribution in [3.8, 4) is 6.07 Å². The molecule has 0 saturated carbocycles. The predicted molar refractivity (Wildman–Crippen MR) is 50.7 cm³/mol. The lowest BCUT2D eigenvalue weighted by molar-refractivity contribution is -0.120. The minimum atomic E-state index is -1.29. The van der Waals surface area contributed by atoms with Crippen molar-refractivity contribution in [2.24, 2.45) is 0 Å². The summed E-state index contributed by atoms with van der Waals surface area (Å²) in [7, 11) is 0. The summed E-state index contributed by atoms with van der Waals surface area (Å²) in [5, 5.41) is 9.17. The summed E-state index contributed by atoms with van der Waals surface area (Å²) < 4.78 is 0. The third-order valence-corrected chi connectivity index (χ3v) is 2.35. The van der Waals surface area contributed by atoms with E-state index in [1.54, 1.807) is 0 Å². The lowest BCUT2D eigenvalue weighted by Crippen LogP contribution is -2.30. The summed E-state index contributed by atoms with van der Waals surface area (Å²) in [6.07, 6.45) is 2.63. The summed E-state index contributed by atoms with van der Waals surface area (Å²) in [5.74, 6) is -0.291. The van der Waals surface area contributed by atoms with Crippen molar-refractivity contribution in [2.75, 3.05) is 0 Å². The summed E-state index contributed by atoms with van der Waals surface area (Å²) in [6, 6.07) is 1.91. The van der Waals surface area contributed by atoms with Gasteiger partial charge >= 0.3 is 0 Å². The van der Waals surface area contributed by atoms with E-state index in [0.29, 0.717) is 0 Å². The minimum absolute atomic E-state index is 0.228. The van der Waals surface area contributed by atoms with Crippen LogP contribution in [0.3, 0.4) is 0 Å². The Kier molecular flexibility index (Phi) is 2.82. The van der Waals surface area contributed by atoms with Crippen LogP contribution in [-0.2, 0) is 10.2 Å². The SMILES string of the molecule is CC(=O)C(C)(C#N)c1ncncc1Cl. The fraction of sp³-hybridized carbons (Fsp3) is 0.333. The zero-order chi connectivity index (χ0) is 10.8.